The molecular weight excluding hydrogens is 155 g/mol. The van der Waals surface area contributed by atoms with E-state index in [0.717, 1.165) is 31.2 Å². The second kappa shape index (κ2) is 4.00. The SMILES string of the molecule is [2H]C([2H])(C(C)=O)C([2H])([2H])c1ccc(F)cc1. The highest BCUT2D eigenvalue weighted by atomic mass is 19.1. The Morgan fingerprint density at radius 1 is 1.50 bits per heavy atom. The van der Waals surface area contributed by atoms with Crippen molar-refractivity contribution in [2.45, 2.75) is 19.7 Å². The zero-order valence-corrected chi connectivity index (χ0v) is 6.60. The molecule has 0 saturated carbocycles. The Hall–Kier alpha value is -1.18. The molecule has 0 heterocycles. The summed E-state index contributed by atoms with van der Waals surface area (Å²) in [5, 5.41) is 0. The summed E-state index contributed by atoms with van der Waals surface area (Å²) in [7, 11) is 0. The fourth-order valence-corrected chi connectivity index (χ4v) is 0.693. The molecule has 1 rings (SSSR count). The van der Waals surface area contributed by atoms with Gasteiger partial charge in [-0.15, -0.1) is 0 Å². The number of benzene rings is 1. The van der Waals surface area contributed by atoms with Gasteiger partial charge >= 0.3 is 0 Å². The first-order valence-corrected chi connectivity index (χ1v) is 3.46. The second-order valence-electron chi connectivity index (χ2n) is 2.31. The number of aryl methyl sites for hydroxylation is 1. The highest BCUT2D eigenvalue weighted by Gasteiger charge is 1.96. The molecule has 0 aliphatic carbocycles. The summed E-state index contributed by atoms with van der Waals surface area (Å²) in [4.78, 5) is 11.1. The van der Waals surface area contributed by atoms with Gasteiger partial charge in [0.2, 0.25) is 0 Å². The average molecular weight is 170 g/mol. The smallest absolute Gasteiger partial charge is 0.130 e. The van der Waals surface area contributed by atoms with Crippen LogP contribution in [0.1, 0.15) is 24.3 Å². The van der Waals surface area contributed by atoms with Crippen LogP contribution in [0.4, 0.5) is 4.39 Å². The summed E-state index contributed by atoms with van der Waals surface area (Å²) in [6.45, 7) is 0.987. The fourth-order valence-electron chi connectivity index (χ4n) is 0.693. The topological polar surface area (TPSA) is 17.1 Å². The molecule has 0 aliphatic rings. The highest BCUT2D eigenvalue weighted by Crippen LogP contribution is 2.05. The summed E-state index contributed by atoms with van der Waals surface area (Å²) in [6.07, 6.45) is -5.11. The molecule has 0 N–H and O–H groups in total. The highest BCUT2D eigenvalue weighted by molar-refractivity contribution is 5.75. The largest absolute Gasteiger partial charge is 0.300 e. The monoisotopic (exact) mass is 170 g/mol. The van der Waals surface area contributed by atoms with Crippen molar-refractivity contribution >= 4 is 5.78 Å². The van der Waals surface area contributed by atoms with Gasteiger partial charge in [0.1, 0.15) is 11.6 Å². The van der Waals surface area contributed by atoms with Crippen LogP contribution in [0.3, 0.4) is 0 Å². The average Bonchev–Trinajstić information content (AvgIpc) is 2.17. The Labute approximate surface area is 76.8 Å². The molecule has 0 bridgehead atoms. The molecule has 0 radical (unpaired) electrons. The van der Waals surface area contributed by atoms with E-state index in [9.17, 15) is 9.18 Å². The van der Waals surface area contributed by atoms with Crippen LogP contribution in [0.5, 0.6) is 0 Å². The Balaban J connectivity index is 3.20. The van der Waals surface area contributed by atoms with Crippen LogP contribution in [-0.2, 0) is 11.2 Å². The van der Waals surface area contributed by atoms with E-state index in [1.165, 1.54) is 0 Å². The predicted molar refractivity (Wildman–Crippen MR) is 45.4 cm³/mol. The van der Waals surface area contributed by atoms with Crippen LogP contribution in [0.15, 0.2) is 24.3 Å². The van der Waals surface area contributed by atoms with Gasteiger partial charge in [-0.3, -0.25) is 0 Å². The van der Waals surface area contributed by atoms with Gasteiger partial charge in [-0.1, -0.05) is 12.1 Å². The molecule has 0 atom stereocenters. The van der Waals surface area contributed by atoms with Crippen molar-refractivity contribution in [3.8, 4) is 0 Å². The normalized spacial score (nSPS) is 17.2. The van der Waals surface area contributed by atoms with Gasteiger partial charge in [-0.2, -0.15) is 0 Å². The number of hydrogen-bond acceptors (Lipinski definition) is 1. The summed E-state index contributed by atoms with van der Waals surface area (Å²) in [6, 6.07) is 4.33. The number of carbonyl (C=O) groups is 1. The van der Waals surface area contributed by atoms with Crippen molar-refractivity contribution in [2.75, 3.05) is 0 Å². The third kappa shape index (κ3) is 2.82. The lowest BCUT2D eigenvalue weighted by molar-refractivity contribution is -0.116. The summed E-state index contributed by atoms with van der Waals surface area (Å²) < 4.78 is 42.7. The zero-order valence-electron chi connectivity index (χ0n) is 10.6. The minimum absolute atomic E-state index is 0.0610. The fraction of sp³-hybridized carbons (Fsp3) is 0.300. The van der Waals surface area contributed by atoms with E-state index in [1.807, 2.05) is 0 Å². The first-order chi connectivity index (χ1) is 7.19. The van der Waals surface area contributed by atoms with Crippen molar-refractivity contribution in [3.05, 3.63) is 35.6 Å². The summed E-state index contributed by atoms with van der Waals surface area (Å²) >= 11 is 0. The number of Topliss-reactive ketones (excluding diaryl/α,β-unsaturated/α-hetero) is 1. The summed E-state index contributed by atoms with van der Waals surface area (Å²) in [5.74, 6) is -1.44. The van der Waals surface area contributed by atoms with Crippen LogP contribution in [0, 0.1) is 5.82 Å². The van der Waals surface area contributed by atoms with Gasteiger partial charge in [0.25, 0.3) is 0 Å². The van der Waals surface area contributed by atoms with E-state index in [1.54, 1.807) is 0 Å². The van der Waals surface area contributed by atoms with Gasteiger partial charge in [0.05, 0.1) is 0 Å². The minimum Gasteiger partial charge on any atom is -0.300 e. The van der Waals surface area contributed by atoms with E-state index in [4.69, 9.17) is 5.48 Å². The maximum Gasteiger partial charge on any atom is 0.130 e. The predicted octanol–water partition coefficient (Wildman–Crippen LogP) is 2.35. The van der Waals surface area contributed by atoms with Crippen molar-refractivity contribution in [3.63, 3.8) is 0 Å². The first kappa shape index (κ1) is 4.75. The van der Waals surface area contributed by atoms with Crippen molar-refractivity contribution in [1.82, 2.24) is 0 Å². The van der Waals surface area contributed by atoms with Crippen LogP contribution in [0.25, 0.3) is 0 Å². The second-order valence-corrected chi connectivity index (χ2v) is 2.31. The maximum absolute atomic E-state index is 12.6. The summed E-state index contributed by atoms with van der Waals surface area (Å²) in [5.41, 5.74) is -0.0610. The minimum atomic E-state index is -2.63. The molecule has 2 heteroatoms. The number of carbonyl (C=O) groups excluding carboxylic acids is 1. The lowest BCUT2D eigenvalue weighted by Crippen LogP contribution is -1.93. The van der Waals surface area contributed by atoms with Crippen LogP contribution < -0.4 is 0 Å². The van der Waals surface area contributed by atoms with Crippen LogP contribution in [-0.4, -0.2) is 5.78 Å². The lowest BCUT2D eigenvalue weighted by atomic mass is 10.1. The molecule has 1 aromatic carbocycles. The van der Waals surface area contributed by atoms with Crippen LogP contribution >= 0.6 is 0 Å². The molecule has 0 aromatic heterocycles. The number of hydrogen-bond donors (Lipinski definition) is 0. The lowest BCUT2D eigenvalue weighted by Gasteiger charge is -1.97. The van der Waals surface area contributed by atoms with Crippen LogP contribution in [0.2, 0.25) is 0 Å². The van der Waals surface area contributed by atoms with Gasteiger partial charge in [-0.05, 0) is 31.0 Å². The quantitative estimate of drug-likeness (QED) is 0.680. The maximum atomic E-state index is 12.6. The third-order valence-electron chi connectivity index (χ3n) is 1.23. The molecule has 0 spiro atoms. The van der Waals surface area contributed by atoms with Crippen molar-refractivity contribution < 1.29 is 14.7 Å². The van der Waals surface area contributed by atoms with E-state index < -0.39 is 24.3 Å². The van der Waals surface area contributed by atoms with E-state index in [0.29, 0.717) is 0 Å². The molecule has 1 nitrogen and oxygen atoms in total. The molecule has 1 aromatic rings. The van der Waals surface area contributed by atoms with Gasteiger partial charge < -0.3 is 4.79 Å². The number of halogens is 1. The zero-order chi connectivity index (χ0) is 12.6. The third-order valence-corrected chi connectivity index (χ3v) is 1.23. The number of ketones is 1. The molecule has 0 aliphatic heterocycles. The van der Waals surface area contributed by atoms with Gasteiger partial charge in [0.15, 0.2) is 0 Å². The van der Waals surface area contributed by atoms with Gasteiger partial charge in [-0.25, -0.2) is 4.39 Å². The standard InChI is InChI=1S/C10H11FO/c1-8(12)2-3-9-4-6-10(11)7-5-9/h4-7H,2-3H2,1H3/i2D2,3D2. The molecule has 0 fully saturated rings. The van der Waals surface area contributed by atoms with Gasteiger partial charge in [0, 0.05) is 11.9 Å². The molecule has 12 heavy (non-hydrogen) atoms. The van der Waals surface area contributed by atoms with E-state index in [2.05, 4.69) is 0 Å². The van der Waals surface area contributed by atoms with E-state index >= 15 is 0 Å². The molecular formula is C10H11FO. The Bertz CT molecular complexity index is 400. The van der Waals surface area contributed by atoms with Crippen molar-refractivity contribution in [1.29, 1.82) is 0 Å². The Kier molecular flexibility index (Phi) is 1.58. The Morgan fingerprint density at radius 2 is 2.08 bits per heavy atom. The number of rotatable bonds is 3. The molecule has 0 saturated heterocycles. The Morgan fingerprint density at radius 3 is 2.58 bits per heavy atom. The molecule has 0 unspecified atom stereocenters. The van der Waals surface area contributed by atoms with E-state index in [-0.39, 0.29) is 5.56 Å². The molecule has 0 amide bonds. The first-order valence-electron chi connectivity index (χ1n) is 5.46. The molecule has 64 valence electrons. The van der Waals surface area contributed by atoms with Crippen molar-refractivity contribution in [2.24, 2.45) is 0 Å².